The van der Waals surface area contributed by atoms with Crippen LogP contribution >= 0.6 is 0 Å². The Balaban J connectivity index is 1.58. The zero-order valence-corrected chi connectivity index (χ0v) is 19.6. The minimum Gasteiger partial charge on any atom is -0.368 e. The average molecular weight is 501 g/mol. The van der Waals surface area contributed by atoms with Crippen molar-refractivity contribution in [3.8, 4) is 0 Å². The number of anilines is 1. The van der Waals surface area contributed by atoms with Crippen molar-refractivity contribution >= 4 is 31.6 Å². The van der Waals surface area contributed by atoms with Crippen LogP contribution in [-0.4, -0.2) is 51.8 Å². The predicted octanol–water partition coefficient (Wildman–Crippen LogP) is 3.84. The molecule has 0 unspecified atom stereocenters. The van der Waals surface area contributed by atoms with Gasteiger partial charge in [0, 0.05) is 30.9 Å². The lowest BCUT2D eigenvalue weighted by molar-refractivity contribution is -0.0436. The molecule has 0 aromatic heterocycles. The molecule has 0 radical (unpaired) electrons. The number of halogens is 3. The first-order chi connectivity index (χ1) is 15.3. The van der Waals surface area contributed by atoms with Gasteiger partial charge >= 0.3 is 5.51 Å². The van der Waals surface area contributed by atoms with Crippen molar-refractivity contribution < 1.29 is 30.0 Å². The van der Waals surface area contributed by atoms with Gasteiger partial charge in [-0.1, -0.05) is 24.3 Å². The Kier molecular flexibility index (Phi) is 5.86. The molecule has 6 nitrogen and oxygen atoms in total. The van der Waals surface area contributed by atoms with Gasteiger partial charge in [-0.25, -0.2) is 16.8 Å². The predicted molar refractivity (Wildman–Crippen MR) is 119 cm³/mol. The normalized spacial score (nSPS) is 21.9. The lowest BCUT2D eigenvalue weighted by Crippen LogP contribution is -2.58. The standard InChI is InChI=1S/C22H23F3N2O4S2/c1-15-13-26(18-9-11-19(12-10-18)32(28,29)22(23,24)25)14-16(2)27(15)33(30,31)21-8-4-6-17-5-3-7-20(17)21/h3-4,6-12,15-16H,5,13-14H2,1-2H3/t15-,16+. The van der Waals surface area contributed by atoms with Gasteiger partial charge in [-0.2, -0.15) is 17.5 Å². The van der Waals surface area contributed by atoms with Crippen LogP contribution in [0.5, 0.6) is 0 Å². The minimum absolute atomic E-state index is 0.266. The van der Waals surface area contributed by atoms with Crippen molar-refractivity contribution in [2.45, 2.75) is 47.7 Å². The SMILES string of the molecule is C[C@@H]1CN(c2ccc(S(=O)(=O)C(F)(F)F)cc2)C[C@H](C)N1S(=O)(=O)c1cccc2c1C=CC2. The van der Waals surface area contributed by atoms with E-state index >= 15 is 0 Å². The van der Waals surface area contributed by atoms with Gasteiger partial charge in [0.2, 0.25) is 10.0 Å². The summed E-state index contributed by atoms with van der Waals surface area (Å²) in [5.74, 6) is 0. The van der Waals surface area contributed by atoms with Gasteiger partial charge in [-0.15, -0.1) is 0 Å². The van der Waals surface area contributed by atoms with E-state index in [4.69, 9.17) is 0 Å². The first kappa shape index (κ1) is 23.8. The number of rotatable bonds is 4. The van der Waals surface area contributed by atoms with Gasteiger partial charge in [0.15, 0.2) is 0 Å². The molecule has 0 amide bonds. The smallest absolute Gasteiger partial charge is 0.368 e. The van der Waals surface area contributed by atoms with E-state index in [1.807, 2.05) is 23.1 Å². The summed E-state index contributed by atoms with van der Waals surface area (Å²) in [5, 5.41) is 0. The maximum Gasteiger partial charge on any atom is 0.501 e. The minimum atomic E-state index is -5.42. The molecule has 1 heterocycles. The molecular weight excluding hydrogens is 477 g/mol. The van der Waals surface area contributed by atoms with E-state index < -0.39 is 42.3 Å². The number of fused-ring (bicyclic) bond motifs is 1. The first-order valence-corrected chi connectivity index (χ1v) is 13.2. The summed E-state index contributed by atoms with van der Waals surface area (Å²) in [6.45, 7) is 4.17. The first-order valence-electron chi connectivity index (χ1n) is 10.3. The summed E-state index contributed by atoms with van der Waals surface area (Å²) in [6.07, 6.45) is 4.44. The molecule has 0 saturated carbocycles. The van der Waals surface area contributed by atoms with E-state index in [2.05, 4.69) is 0 Å². The third-order valence-corrected chi connectivity index (χ3v) is 9.68. The second-order valence-corrected chi connectivity index (χ2v) is 12.1. The zero-order chi connectivity index (χ0) is 24.2. The maximum atomic E-state index is 13.6. The second kappa shape index (κ2) is 8.14. The van der Waals surface area contributed by atoms with E-state index in [-0.39, 0.29) is 4.90 Å². The maximum absolute atomic E-state index is 13.6. The van der Waals surface area contributed by atoms with Crippen LogP contribution in [-0.2, 0) is 26.3 Å². The molecule has 11 heteroatoms. The van der Waals surface area contributed by atoms with Crippen molar-refractivity contribution in [2.75, 3.05) is 18.0 Å². The number of sulfonamides is 1. The van der Waals surface area contributed by atoms with Gasteiger partial charge in [-0.05, 0) is 61.7 Å². The Labute approximate surface area is 191 Å². The third kappa shape index (κ3) is 4.06. The topological polar surface area (TPSA) is 74.8 Å². The summed E-state index contributed by atoms with van der Waals surface area (Å²) < 4.78 is 90.2. The van der Waals surface area contributed by atoms with E-state index in [9.17, 15) is 30.0 Å². The molecule has 2 aromatic carbocycles. The van der Waals surface area contributed by atoms with Gasteiger partial charge < -0.3 is 4.90 Å². The number of sulfone groups is 1. The number of allylic oxidation sites excluding steroid dienone is 1. The number of piperazine rings is 1. The number of alkyl halides is 3. The second-order valence-electron chi connectivity index (χ2n) is 8.32. The lowest BCUT2D eigenvalue weighted by atomic mass is 10.1. The molecule has 0 spiro atoms. The third-order valence-electron chi connectivity index (χ3n) is 5.99. The van der Waals surface area contributed by atoms with Gasteiger partial charge in [0.05, 0.1) is 9.79 Å². The van der Waals surface area contributed by atoms with Crippen molar-refractivity contribution in [1.29, 1.82) is 0 Å². The molecule has 1 saturated heterocycles. The van der Waals surface area contributed by atoms with Crippen LogP contribution in [0.25, 0.3) is 6.08 Å². The summed E-state index contributed by atoms with van der Waals surface area (Å²) in [6, 6.07) is 8.90. The fourth-order valence-electron chi connectivity index (χ4n) is 4.56. The van der Waals surface area contributed by atoms with E-state index in [0.29, 0.717) is 30.8 Å². The summed E-state index contributed by atoms with van der Waals surface area (Å²) in [7, 11) is -9.20. The molecule has 178 valence electrons. The number of hydrogen-bond acceptors (Lipinski definition) is 5. The fourth-order valence-corrected chi connectivity index (χ4v) is 7.36. The van der Waals surface area contributed by atoms with Crippen LogP contribution in [0.15, 0.2) is 58.3 Å². The van der Waals surface area contributed by atoms with Gasteiger partial charge in [0.25, 0.3) is 9.84 Å². The highest BCUT2D eigenvalue weighted by Gasteiger charge is 2.47. The van der Waals surface area contributed by atoms with Crippen molar-refractivity contribution in [3.05, 3.63) is 59.7 Å². The molecule has 2 aromatic rings. The van der Waals surface area contributed by atoms with Crippen LogP contribution in [0.1, 0.15) is 25.0 Å². The molecular formula is C22H23F3N2O4S2. The van der Waals surface area contributed by atoms with Crippen molar-refractivity contribution in [1.82, 2.24) is 4.31 Å². The number of nitrogens with zero attached hydrogens (tertiary/aromatic N) is 2. The number of hydrogen-bond donors (Lipinski definition) is 0. The van der Waals surface area contributed by atoms with Crippen LogP contribution in [0.4, 0.5) is 18.9 Å². The van der Waals surface area contributed by atoms with Crippen LogP contribution < -0.4 is 4.90 Å². The van der Waals surface area contributed by atoms with Crippen LogP contribution in [0.3, 0.4) is 0 Å². The Morgan fingerprint density at radius 3 is 2.09 bits per heavy atom. The fraction of sp³-hybridized carbons (Fsp3) is 0.364. The van der Waals surface area contributed by atoms with Crippen LogP contribution in [0, 0.1) is 0 Å². The van der Waals surface area contributed by atoms with Crippen molar-refractivity contribution in [3.63, 3.8) is 0 Å². The molecule has 1 aliphatic carbocycles. The Morgan fingerprint density at radius 1 is 0.909 bits per heavy atom. The van der Waals surface area contributed by atoms with E-state index in [0.717, 1.165) is 17.7 Å². The molecule has 0 bridgehead atoms. The Hall–Kier alpha value is -2.37. The van der Waals surface area contributed by atoms with E-state index in [1.165, 1.54) is 16.4 Å². The molecule has 1 fully saturated rings. The van der Waals surface area contributed by atoms with Crippen molar-refractivity contribution in [2.24, 2.45) is 0 Å². The highest BCUT2D eigenvalue weighted by molar-refractivity contribution is 7.92. The Morgan fingerprint density at radius 2 is 1.52 bits per heavy atom. The van der Waals surface area contributed by atoms with Gasteiger partial charge in [-0.3, -0.25) is 0 Å². The lowest BCUT2D eigenvalue weighted by Gasteiger charge is -2.44. The molecule has 4 rings (SSSR count). The Bertz CT molecular complexity index is 1290. The molecule has 2 aliphatic rings. The molecule has 33 heavy (non-hydrogen) atoms. The highest BCUT2D eigenvalue weighted by atomic mass is 32.2. The quantitative estimate of drug-likeness (QED) is 0.638. The number of benzene rings is 2. The summed E-state index contributed by atoms with van der Waals surface area (Å²) in [4.78, 5) is 1.29. The van der Waals surface area contributed by atoms with Crippen LogP contribution in [0.2, 0.25) is 0 Å². The average Bonchev–Trinajstić information content (AvgIpc) is 3.21. The zero-order valence-electron chi connectivity index (χ0n) is 17.9. The molecule has 2 atom stereocenters. The van der Waals surface area contributed by atoms with Gasteiger partial charge in [0.1, 0.15) is 0 Å². The molecule has 1 aliphatic heterocycles. The van der Waals surface area contributed by atoms with E-state index in [1.54, 1.807) is 26.0 Å². The summed E-state index contributed by atoms with van der Waals surface area (Å²) in [5.41, 5.74) is -3.18. The molecule has 0 N–H and O–H groups in total. The largest absolute Gasteiger partial charge is 0.501 e. The monoisotopic (exact) mass is 500 g/mol. The summed E-state index contributed by atoms with van der Waals surface area (Å²) >= 11 is 0. The highest BCUT2D eigenvalue weighted by Crippen LogP contribution is 2.34.